The van der Waals surface area contributed by atoms with Crippen LogP contribution in [0.3, 0.4) is 0 Å². The topological polar surface area (TPSA) is 58.4 Å². The van der Waals surface area contributed by atoms with Crippen molar-refractivity contribution in [3.8, 4) is 0 Å². The highest BCUT2D eigenvalue weighted by atomic mass is 19.4. The van der Waals surface area contributed by atoms with Gasteiger partial charge in [0.05, 0.1) is 11.3 Å². The lowest BCUT2D eigenvalue weighted by Gasteiger charge is -2.31. The molecule has 0 bridgehead atoms. The summed E-state index contributed by atoms with van der Waals surface area (Å²) in [6.45, 7) is 2.28. The Morgan fingerprint density at radius 3 is 2.53 bits per heavy atom. The number of amides is 2. The predicted octanol–water partition coefficient (Wildman–Crippen LogP) is 3.40. The van der Waals surface area contributed by atoms with Gasteiger partial charge in [-0.1, -0.05) is 6.07 Å². The van der Waals surface area contributed by atoms with Crippen molar-refractivity contribution in [1.29, 1.82) is 0 Å². The van der Waals surface area contributed by atoms with Gasteiger partial charge in [0.1, 0.15) is 5.69 Å². The first-order valence-electron chi connectivity index (χ1n) is 10.0. The predicted molar refractivity (Wildman–Crippen MR) is 103 cm³/mol. The number of nitrogens with zero attached hydrogens (tertiary/aromatic N) is 4. The highest BCUT2D eigenvalue weighted by molar-refractivity contribution is 5.94. The van der Waals surface area contributed by atoms with Crippen molar-refractivity contribution in [3.63, 3.8) is 0 Å². The Bertz CT molecular complexity index is 961. The molecule has 0 spiro atoms. The summed E-state index contributed by atoms with van der Waals surface area (Å²) in [5.74, 6) is -0.312. The third-order valence-electron chi connectivity index (χ3n) is 5.87. The fourth-order valence-corrected chi connectivity index (χ4v) is 4.12. The van der Waals surface area contributed by atoms with Crippen LogP contribution >= 0.6 is 0 Å². The monoisotopic (exact) mass is 420 g/mol. The summed E-state index contributed by atoms with van der Waals surface area (Å²) in [7, 11) is 1.78. The summed E-state index contributed by atoms with van der Waals surface area (Å²) >= 11 is 0. The zero-order valence-corrected chi connectivity index (χ0v) is 16.7. The molecule has 1 aromatic carbocycles. The minimum absolute atomic E-state index is 0.0385. The molecule has 0 saturated carbocycles. The molecule has 0 N–H and O–H groups in total. The van der Waals surface area contributed by atoms with E-state index in [2.05, 4.69) is 5.10 Å². The molecule has 3 heterocycles. The first kappa shape index (κ1) is 20.4. The van der Waals surface area contributed by atoms with Crippen molar-refractivity contribution in [2.75, 3.05) is 26.7 Å². The molecule has 0 atom stereocenters. The number of piperidine rings is 1. The van der Waals surface area contributed by atoms with Crippen LogP contribution in [0.5, 0.6) is 0 Å². The third-order valence-corrected chi connectivity index (χ3v) is 5.87. The second-order valence-corrected chi connectivity index (χ2v) is 7.90. The van der Waals surface area contributed by atoms with Gasteiger partial charge in [-0.25, -0.2) is 0 Å². The number of carbonyl (C=O) groups is 2. The van der Waals surface area contributed by atoms with Gasteiger partial charge in [-0.05, 0) is 43.5 Å². The van der Waals surface area contributed by atoms with E-state index in [-0.39, 0.29) is 17.4 Å². The third kappa shape index (κ3) is 3.93. The van der Waals surface area contributed by atoms with Gasteiger partial charge in [0, 0.05) is 44.7 Å². The van der Waals surface area contributed by atoms with Gasteiger partial charge >= 0.3 is 6.18 Å². The SMILES string of the molecule is CN1CCCn2nc(C3CCN(C(=O)c4cccc(C(F)(F)F)c4)CC3)cc2C1=O. The summed E-state index contributed by atoms with van der Waals surface area (Å²) in [4.78, 5) is 28.4. The molecule has 160 valence electrons. The van der Waals surface area contributed by atoms with E-state index >= 15 is 0 Å². The van der Waals surface area contributed by atoms with Crippen molar-refractivity contribution in [1.82, 2.24) is 19.6 Å². The molecule has 2 amide bonds. The van der Waals surface area contributed by atoms with Gasteiger partial charge in [-0.3, -0.25) is 14.3 Å². The van der Waals surface area contributed by atoms with E-state index < -0.39 is 17.6 Å². The zero-order valence-electron chi connectivity index (χ0n) is 16.7. The summed E-state index contributed by atoms with van der Waals surface area (Å²) in [6.07, 6.45) is -2.31. The first-order valence-corrected chi connectivity index (χ1v) is 10.0. The minimum Gasteiger partial charge on any atom is -0.340 e. The standard InChI is InChI=1S/C21H23F3N4O2/c1-26-8-3-9-28-18(20(26)30)13-17(25-28)14-6-10-27(11-7-14)19(29)15-4-2-5-16(12-15)21(22,23)24/h2,4-5,12-14H,3,6-11H2,1H3. The van der Waals surface area contributed by atoms with Gasteiger partial charge in [0.15, 0.2) is 0 Å². The van der Waals surface area contributed by atoms with Crippen LogP contribution in [0.2, 0.25) is 0 Å². The van der Waals surface area contributed by atoms with E-state index in [4.69, 9.17) is 0 Å². The maximum atomic E-state index is 12.9. The molecule has 0 aliphatic carbocycles. The number of carbonyl (C=O) groups excluding carboxylic acids is 2. The average Bonchev–Trinajstić information content (AvgIpc) is 3.11. The molecule has 2 aliphatic rings. The summed E-state index contributed by atoms with van der Waals surface area (Å²) in [5.41, 5.74) is 0.662. The van der Waals surface area contributed by atoms with Crippen molar-refractivity contribution >= 4 is 11.8 Å². The quantitative estimate of drug-likeness (QED) is 0.748. The Kier molecular flexibility index (Phi) is 5.29. The zero-order chi connectivity index (χ0) is 21.5. The summed E-state index contributed by atoms with van der Waals surface area (Å²) < 4.78 is 40.5. The van der Waals surface area contributed by atoms with E-state index in [0.29, 0.717) is 44.7 Å². The molecule has 6 nitrogen and oxygen atoms in total. The van der Waals surface area contributed by atoms with Crippen LogP contribution in [0.15, 0.2) is 30.3 Å². The fourth-order valence-electron chi connectivity index (χ4n) is 4.12. The van der Waals surface area contributed by atoms with Crippen molar-refractivity contribution in [2.24, 2.45) is 0 Å². The van der Waals surface area contributed by atoms with Gasteiger partial charge in [-0.2, -0.15) is 18.3 Å². The highest BCUT2D eigenvalue weighted by Crippen LogP contribution is 2.31. The van der Waals surface area contributed by atoms with Gasteiger partial charge in [-0.15, -0.1) is 0 Å². The number of alkyl halides is 3. The van der Waals surface area contributed by atoms with Crippen molar-refractivity contribution in [2.45, 2.75) is 37.9 Å². The molecule has 4 rings (SSSR count). The maximum absolute atomic E-state index is 12.9. The Labute approximate surface area is 172 Å². The molecule has 30 heavy (non-hydrogen) atoms. The van der Waals surface area contributed by atoms with Gasteiger partial charge in [0.2, 0.25) is 0 Å². The van der Waals surface area contributed by atoms with E-state index in [9.17, 15) is 22.8 Å². The number of aromatic nitrogens is 2. The number of hydrogen-bond donors (Lipinski definition) is 0. The Hall–Kier alpha value is -2.84. The largest absolute Gasteiger partial charge is 0.416 e. The number of fused-ring (bicyclic) bond motifs is 1. The normalized spacial score (nSPS) is 18.3. The summed E-state index contributed by atoms with van der Waals surface area (Å²) in [6, 6.07) is 6.39. The summed E-state index contributed by atoms with van der Waals surface area (Å²) in [5, 5.41) is 4.63. The van der Waals surface area contributed by atoms with Crippen LogP contribution in [-0.4, -0.2) is 58.1 Å². The lowest BCUT2D eigenvalue weighted by Crippen LogP contribution is -2.38. The number of hydrogen-bond acceptors (Lipinski definition) is 3. The van der Waals surface area contributed by atoms with Crippen LogP contribution in [-0.2, 0) is 12.7 Å². The lowest BCUT2D eigenvalue weighted by molar-refractivity contribution is -0.137. The number of aryl methyl sites for hydroxylation is 1. The number of likely N-dealkylation sites (tertiary alicyclic amines) is 1. The molecule has 2 aromatic rings. The highest BCUT2D eigenvalue weighted by Gasteiger charge is 2.32. The molecule has 0 unspecified atom stereocenters. The number of halogens is 3. The second kappa shape index (κ2) is 7.77. The van der Waals surface area contributed by atoms with E-state index in [0.717, 1.165) is 24.2 Å². The maximum Gasteiger partial charge on any atom is 0.416 e. The lowest BCUT2D eigenvalue weighted by atomic mass is 9.93. The van der Waals surface area contributed by atoms with Crippen LogP contribution in [0.25, 0.3) is 0 Å². The molecule has 1 saturated heterocycles. The van der Waals surface area contributed by atoms with Gasteiger partial charge in [0.25, 0.3) is 11.8 Å². The molecule has 1 fully saturated rings. The average molecular weight is 420 g/mol. The van der Waals surface area contributed by atoms with Crippen LogP contribution in [0.4, 0.5) is 13.2 Å². The minimum atomic E-state index is -4.48. The molecular formula is C21H23F3N4O2. The van der Waals surface area contributed by atoms with Crippen LogP contribution in [0.1, 0.15) is 57.3 Å². The number of benzene rings is 1. The van der Waals surface area contributed by atoms with Crippen LogP contribution < -0.4 is 0 Å². The van der Waals surface area contributed by atoms with Crippen LogP contribution in [0, 0.1) is 0 Å². The van der Waals surface area contributed by atoms with Crippen molar-refractivity contribution in [3.05, 3.63) is 52.8 Å². The van der Waals surface area contributed by atoms with Gasteiger partial charge < -0.3 is 9.80 Å². The number of rotatable bonds is 2. The molecule has 0 radical (unpaired) electrons. The smallest absolute Gasteiger partial charge is 0.340 e. The Morgan fingerprint density at radius 2 is 1.83 bits per heavy atom. The second-order valence-electron chi connectivity index (χ2n) is 7.90. The van der Waals surface area contributed by atoms with E-state index in [1.807, 2.05) is 6.07 Å². The van der Waals surface area contributed by atoms with E-state index in [1.54, 1.807) is 21.5 Å². The molecule has 9 heteroatoms. The molecule has 1 aromatic heterocycles. The van der Waals surface area contributed by atoms with Crippen molar-refractivity contribution < 1.29 is 22.8 Å². The Balaban J connectivity index is 1.44. The van der Waals surface area contributed by atoms with E-state index in [1.165, 1.54) is 12.1 Å². The molecular weight excluding hydrogens is 397 g/mol. The Morgan fingerprint density at radius 1 is 1.10 bits per heavy atom. The first-order chi connectivity index (χ1) is 14.2. The fraction of sp³-hybridized carbons (Fsp3) is 0.476. The molecule has 2 aliphatic heterocycles.